The lowest BCUT2D eigenvalue weighted by Crippen LogP contribution is -2.31. The van der Waals surface area contributed by atoms with Crippen molar-refractivity contribution in [3.63, 3.8) is 0 Å². The molecule has 1 fully saturated rings. The first-order valence-electron chi connectivity index (χ1n) is 6.80. The van der Waals surface area contributed by atoms with Gasteiger partial charge in [0.1, 0.15) is 0 Å². The zero-order chi connectivity index (χ0) is 13.9. The Morgan fingerprint density at radius 3 is 3.00 bits per heavy atom. The van der Waals surface area contributed by atoms with Gasteiger partial charge in [0.25, 0.3) is 0 Å². The van der Waals surface area contributed by atoms with Gasteiger partial charge in [-0.05, 0) is 24.1 Å². The number of amides is 1. The fourth-order valence-electron chi connectivity index (χ4n) is 2.66. The van der Waals surface area contributed by atoms with Crippen LogP contribution in [0.3, 0.4) is 0 Å². The zero-order valence-corrected chi connectivity index (χ0v) is 12.2. The SMILES string of the molecule is CN(Cc1cc(-c2nn[nH]n2)cs1)C(=O)C1CCCC1. The number of aromatic amines is 1. The Morgan fingerprint density at radius 2 is 2.30 bits per heavy atom. The lowest BCUT2D eigenvalue weighted by molar-refractivity contribution is -0.134. The number of tetrazole rings is 1. The highest BCUT2D eigenvalue weighted by atomic mass is 32.1. The monoisotopic (exact) mass is 291 g/mol. The lowest BCUT2D eigenvalue weighted by atomic mass is 10.1. The van der Waals surface area contributed by atoms with E-state index in [-0.39, 0.29) is 11.8 Å². The van der Waals surface area contributed by atoms with Gasteiger partial charge in [-0.1, -0.05) is 12.8 Å². The molecule has 0 spiro atoms. The number of aromatic nitrogens is 4. The van der Waals surface area contributed by atoms with Crippen molar-refractivity contribution in [2.24, 2.45) is 5.92 Å². The molecule has 3 rings (SSSR count). The van der Waals surface area contributed by atoms with Crippen molar-refractivity contribution >= 4 is 17.2 Å². The second-order valence-corrected chi connectivity index (χ2v) is 6.21. The van der Waals surface area contributed by atoms with Gasteiger partial charge in [-0.3, -0.25) is 4.79 Å². The Balaban J connectivity index is 1.64. The molecule has 2 aromatic heterocycles. The number of rotatable bonds is 4. The molecule has 1 aliphatic rings. The summed E-state index contributed by atoms with van der Waals surface area (Å²) in [7, 11) is 1.88. The van der Waals surface area contributed by atoms with Crippen LogP contribution in [0.5, 0.6) is 0 Å². The fraction of sp³-hybridized carbons (Fsp3) is 0.538. The Morgan fingerprint density at radius 1 is 1.50 bits per heavy atom. The molecule has 0 unspecified atom stereocenters. The molecule has 1 saturated carbocycles. The number of nitrogens with zero attached hydrogens (tertiary/aromatic N) is 4. The van der Waals surface area contributed by atoms with E-state index in [0.29, 0.717) is 12.4 Å². The Hall–Kier alpha value is -1.76. The van der Waals surface area contributed by atoms with Crippen LogP contribution in [0.2, 0.25) is 0 Å². The van der Waals surface area contributed by atoms with E-state index in [1.54, 1.807) is 11.3 Å². The number of H-pyrrole nitrogens is 1. The van der Waals surface area contributed by atoms with E-state index in [1.807, 2.05) is 23.4 Å². The third-order valence-corrected chi connectivity index (χ3v) is 4.65. The standard InChI is InChI=1S/C13H17N5OS/c1-18(13(19)9-4-2-3-5-9)7-11-6-10(8-20-11)12-14-16-17-15-12/h6,8-9H,2-5,7H2,1H3,(H,14,15,16,17). The summed E-state index contributed by atoms with van der Waals surface area (Å²) in [4.78, 5) is 15.2. The van der Waals surface area contributed by atoms with Gasteiger partial charge in [-0.2, -0.15) is 5.21 Å². The summed E-state index contributed by atoms with van der Waals surface area (Å²) in [6.07, 6.45) is 4.46. The number of carbonyl (C=O) groups is 1. The van der Waals surface area contributed by atoms with E-state index in [4.69, 9.17) is 0 Å². The molecular formula is C13H17N5OS. The maximum absolute atomic E-state index is 12.3. The maximum atomic E-state index is 12.3. The Bertz CT molecular complexity index is 573. The molecule has 20 heavy (non-hydrogen) atoms. The highest BCUT2D eigenvalue weighted by Crippen LogP contribution is 2.28. The van der Waals surface area contributed by atoms with E-state index in [2.05, 4.69) is 20.6 Å². The molecule has 1 amide bonds. The van der Waals surface area contributed by atoms with Gasteiger partial charge in [0, 0.05) is 28.8 Å². The van der Waals surface area contributed by atoms with Crippen LogP contribution >= 0.6 is 11.3 Å². The Labute approximate surface area is 121 Å². The van der Waals surface area contributed by atoms with E-state index in [1.165, 1.54) is 12.8 Å². The first kappa shape index (κ1) is 13.2. The zero-order valence-electron chi connectivity index (χ0n) is 11.4. The molecule has 0 saturated heterocycles. The molecule has 0 aromatic carbocycles. The summed E-state index contributed by atoms with van der Waals surface area (Å²) >= 11 is 1.62. The smallest absolute Gasteiger partial charge is 0.225 e. The van der Waals surface area contributed by atoms with Crippen LogP contribution in [-0.4, -0.2) is 38.5 Å². The second-order valence-electron chi connectivity index (χ2n) is 5.21. The highest BCUT2D eigenvalue weighted by Gasteiger charge is 2.25. The Kier molecular flexibility index (Phi) is 3.77. The maximum Gasteiger partial charge on any atom is 0.225 e. The van der Waals surface area contributed by atoms with Gasteiger partial charge in [0.15, 0.2) is 0 Å². The van der Waals surface area contributed by atoms with Crippen molar-refractivity contribution in [3.8, 4) is 11.4 Å². The number of carbonyl (C=O) groups excluding carboxylic acids is 1. The first-order valence-corrected chi connectivity index (χ1v) is 7.68. The molecule has 0 bridgehead atoms. The first-order chi connectivity index (χ1) is 9.74. The molecule has 2 heterocycles. The van der Waals surface area contributed by atoms with Gasteiger partial charge in [-0.25, -0.2) is 0 Å². The van der Waals surface area contributed by atoms with E-state index in [0.717, 1.165) is 23.3 Å². The summed E-state index contributed by atoms with van der Waals surface area (Å²) < 4.78 is 0. The minimum atomic E-state index is 0.233. The summed E-state index contributed by atoms with van der Waals surface area (Å²) in [6, 6.07) is 2.02. The van der Waals surface area contributed by atoms with E-state index >= 15 is 0 Å². The van der Waals surface area contributed by atoms with Crippen LogP contribution in [0.4, 0.5) is 0 Å². The normalized spacial score (nSPS) is 15.7. The van der Waals surface area contributed by atoms with E-state index in [9.17, 15) is 4.79 Å². The van der Waals surface area contributed by atoms with Crippen LogP contribution in [0.15, 0.2) is 11.4 Å². The topological polar surface area (TPSA) is 74.8 Å². The van der Waals surface area contributed by atoms with Crippen LogP contribution in [-0.2, 0) is 11.3 Å². The average Bonchev–Trinajstić information content (AvgIpc) is 3.19. The summed E-state index contributed by atoms with van der Waals surface area (Å²) in [5, 5.41) is 15.9. The van der Waals surface area contributed by atoms with Crippen molar-refractivity contribution in [1.29, 1.82) is 0 Å². The van der Waals surface area contributed by atoms with Gasteiger partial charge < -0.3 is 4.90 Å². The molecular weight excluding hydrogens is 274 g/mol. The molecule has 0 aliphatic heterocycles. The second kappa shape index (κ2) is 5.70. The van der Waals surface area contributed by atoms with Gasteiger partial charge >= 0.3 is 0 Å². The summed E-state index contributed by atoms with van der Waals surface area (Å²) in [5.74, 6) is 1.10. The van der Waals surface area contributed by atoms with Crippen LogP contribution in [0.25, 0.3) is 11.4 Å². The van der Waals surface area contributed by atoms with Crippen LogP contribution in [0, 0.1) is 5.92 Å². The third kappa shape index (κ3) is 2.72. The third-order valence-electron chi connectivity index (χ3n) is 3.73. The van der Waals surface area contributed by atoms with Crippen molar-refractivity contribution in [2.75, 3.05) is 7.05 Å². The van der Waals surface area contributed by atoms with Crippen LogP contribution < -0.4 is 0 Å². The van der Waals surface area contributed by atoms with Crippen molar-refractivity contribution in [3.05, 3.63) is 16.3 Å². The molecule has 6 nitrogen and oxygen atoms in total. The molecule has 0 radical (unpaired) electrons. The quantitative estimate of drug-likeness (QED) is 0.935. The molecule has 1 aliphatic carbocycles. The molecule has 2 aromatic rings. The molecule has 0 atom stereocenters. The average molecular weight is 291 g/mol. The van der Waals surface area contributed by atoms with Crippen molar-refractivity contribution in [2.45, 2.75) is 32.2 Å². The van der Waals surface area contributed by atoms with Gasteiger partial charge in [0.2, 0.25) is 11.7 Å². The minimum Gasteiger partial charge on any atom is -0.340 e. The fourth-order valence-corrected chi connectivity index (χ4v) is 3.58. The molecule has 106 valence electrons. The lowest BCUT2D eigenvalue weighted by Gasteiger charge is -2.20. The number of thiophene rings is 1. The summed E-state index contributed by atoms with van der Waals surface area (Å²) in [6.45, 7) is 0.651. The van der Waals surface area contributed by atoms with Crippen molar-refractivity contribution < 1.29 is 4.79 Å². The highest BCUT2D eigenvalue weighted by molar-refractivity contribution is 7.10. The van der Waals surface area contributed by atoms with Crippen LogP contribution in [0.1, 0.15) is 30.6 Å². The van der Waals surface area contributed by atoms with Gasteiger partial charge in [-0.15, -0.1) is 21.5 Å². The number of hydrogen-bond acceptors (Lipinski definition) is 5. The predicted molar refractivity (Wildman–Crippen MR) is 75.9 cm³/mol. The minimum absolute atomic E-state index is 0.233. The number of hydrogen-bond donors (Lipinski definition) is 1. The van der Waals surface area contributed by atoms with E-state index < -0.39 is 0 Å². The summed E-state index contributed by atoms with van der Waals surface area (Å²) in [5.41, 5.74) is 0.945. The number of nitrogens with one attached hydrogen (secondary N) is 1. The van der Waals surface area contributed by atoms with Gasteiger partial charge in [0.05, 0.1) is 6.54 Å². The largest absolute Gasteiger partial charge is 0.340 e. The predicted octanol–water partition coefficient (Wildman–Crippen LogP) is 2.08. The van der Waals surface area contributed by atoms with Crippen molar-refractivity contribution in [1.82, 2.24) is 25.5 Å². The molecule has 7 heteroatoms. The molecule has 1 N–H and O–H groups in total.